The van der Waals surface area contributed by atoms with Gasteiger partial charge in [0.25, 0.3) is 0 Å². The zero-order valence-electron chi connectivity index (χ0n) is 10.8. The van der Waals surface area contributed by atoms with Crippen molar-refractivity contribution in [1.29, 1.82) is 0 Å². The maximum absolute atomic E-state index is 2.29. The van der Waals surface area contributed by atoms with E-state index in [0.29, 0.717) is 0 Å². The summed E-state index contributed by atoms with van der Waals surface area (Å²) >= 11 is 0. The van der Waals surface area contributed by atoms with E-state index in [2.05, 4.69) is 13.8 Å². The van der Waals surface area contributed by atoms with E-state index in [4.69, 9.17) is 0 Å². The molecule has 0 nitrogen and oxygen atoms in total. The molecular weight excluding hydrogens is 232 g/mol. The topological polar surface area (TPSA) is 0 Å². The van der Waals surface area contributed by atoms with Crippen molar-refractivity contribution in [2.45, 2.75) is 90.9 Å². The van der Waals surface area contributed by atoms with Gasteiger partial charge in [0.15, 0.2) is 0 Å². The molecule has 15 heavy (non-hydrogen) atoms. The first-order valence-electron chi connectivity index (χ1n) is 6.91. The third kappa shape index (κ3) is 17.1. The fourth-order valence-electron chi connectivity index (χ4n) is 1.91. The standard InChI is InChI=1S/C14H30.Cu/c1-3-5-7-9-11-13-14-12-10-8-6-4-2;/h3-14H2,1-2H3;. The molecule has 0 unspecified atom stereocenters. The van der Waals surface area contributed by atoms with Crippen LogP contribution in [0.2, 0.25) is 0 Å². The molecule has 0 aliphatic heterocycles. The molecule has 0 aliphatic carbocycles. The summed E-state index contributed by atoms with van der Waals surface area (Å²) in [5, 5.41) is 0. The first-order valence-corrected chi connectivity index (χ1v) is 6.91. The largest absolute Gasteiger partial charge is 0.0654 e. The predicted molar refractivity (Wildman–Crippen MR) is 66.8 cm³/mol. The summed E-state index contributed by atoms with van der Waals surface area (Å²) in [5.74, 6) is 0. The molecule has 0 fully saturated rings. The van der Waals surface area contributed by atoms with Crippen molar-refractivity contribution in [3.63, 3.8) is 0 Å². The molecule has 0 aromatic rings. The molecular formula is C14H30Cu. The summed E-state index contributed by atoms with van der Waals surface area (Å²) in [6.45, 7) is 4.57. The number of unbranched alkanes of at least 4 members (excludes halogenated alkanes) is 11. The minimum atomic E-state index is 0. The van der Waals surface area contributed by atoms with Crippen LogP contribution in [0.3, 0.4) is 0 Å². The molecule has 1 radical (unpaired) electrons. The van der Waals surface area contributed by atoms with Crippen LogP contribution in [0.1, 0.15) is 90.9 Å². The smallest absolute Gasteiger partial charge is 0 e. The number of rotatable bonds is 11. The van der Waals surface area contributed by atoms with Crippen molar-refractivity contribution in [1.82, 2.24) is 0 Å². The van der Waals surface area contributed by atoms with E-state index in [0.717, 1.165) is 0 Å². The normalized spacial score (nSPS) is 10.0. The second-order valence-electron chi connectivity index (χ2n) is 4.54. The van der Waals surface area contributed by atoms with Crippen molar-refractivity contribution in [2.24, 2.45) is 0 Å². The van der Waals surface area contributed by atoms with E-state index in [1.165, 1.54) is 77.0 Å². The van der Waals surface area contributed by atoms with Crippen LogP contribution in [-0.4, -0.2) is 0 Å². The minimum Gasteiger partial charge on any atom is -0.0654 e. The van der Waals surface area contributed by atoms with Crippen LogP contribution in [0.15, 0.2) is 0 Å². The molecule has 0 rings (SSSR count). The van der Waals surface area contributed by atoms with Crippen LogP contribution >= 0.6 is 0 Å². The van der Waals surface area contributed by atoms with Gasteiger partial charge >= 0.3 is 0 Å². The van der Waals surface area contributed by atoms with E-state index in [-0.39, 0.29) is 17.1 Å². The number of hydrogen-bond donors (Lipinski definition) is 0. The van der Waals surface area contributed by atoms with Gasteiger partial charge < -0.3 is 0 Å². The van der Waals surface area contributed by atoms with Crippen molar-refractivity contribution in [3.05, 3.63) is 0 Å². The molecule has 0 atom stereocenters. The van der Waals surface area contributed by atoms with E-state index < -0.39 is 0 Å². The van der Waals surface area contributed by atoms with Gasteiger partial charge in [-0.1, -0.05) is 90.9 Å². The van der Waals surface area contributed by atoms with Gasteiger partial charge in [-0.2, -0.15) is 0 Å². The first-order chi connectivity index (χ1) is 6.91. The van der Waals surface area contributed by atoms with Crippen molar-refractivity contribution < 1.29 is 17.1 Å². The maximum Gasteiger partial charge on any atom is 0 e. The van der Waals surface area contributed by atoms with E-state index in [9.17, 15) is 0 Å². The molecule has 0 aromatic carbocycles. The second-order valence-corrected chi connectivity index (χ2v) is 4.54. The Kier molecular flexibility index (Phi) is 20.2. The van der Waals surface area contributed by atoms with E-state index in [1.54, 1.807) is 0 Å². The van der Waals surface area contributed by atoms with E-state index in [1.807, 2.05) is 0 Å². The average Bonchev–Trinajstić information content (AvgIpc) is 2.21. The Morgan fingerprint density at radius 1 is 0.400 bits per heavy atom. The predicted octanol–water partition coefficient (Wildman–Crippen LogP) is 5.70. The van der Waals surface area contributed by atoms with Gasteiger partial charge in [-0.15, -0.1) is 0 Å². The van der Waals surface area contributed by atoms with Gasteiger partial charge in [-0.05, 0) is 0 Å². The van der Waals surface area contributed by atoms with Crippen LogP contribution < -0.4 is 0 Å². The molecule has 0 bridgehead atoms. The Morgan fingerprint density at radius 3 is 0.800 bits per heavy atom. The van der Waals surface area contributed by atoms with Gasteiger partial charge in [0.05, 0.1) is 0 Å². The van der Waals surface area contributed by atoms with Crippen LogP contribution in [0.5, 0.6) is 0 Å². The SMILES string of the molecule is CCCCCCCCCCCCCC.[Cu]. The third-order valence-electron chi connectivity index (χ3n) is 2.96. The summed E-state index contributed by atoms with van der Waals surface area (Å²) in [4.78, 5) is 0. The van der Waals surface area contributed by atoms with Crippen molar-refractivity contribution in [2.75, 3.05) is 0 Å². The second kappa shape index (κ2) is 16.9. The molecule has 0 aliphatic rings. The minimum absolute atomic E-state index is 0. The van der Waals surface area contributed by atoms with Crippen LogP contribution in [0, 0.1) is 0 Å². The molecule has 1 heteroatoms. The molecule has 0 aromatic heterocycles. The van der Waals surface area contributed by atoms with Crippen molar-refractivity contribution >= 4 is 0 Å². The van der Waals surface area contributed by atoms with Crippen LogP contribution in [0.25, 0.3) is 0 Å². The summed E-state index contributed by atoms with van der Waals surface area (Å²) in [6, 6.07) is 0. The molecule has 97 valence electrons. The Morgan fingerprint density at radius 2 is 0.600 bits per heavy atom. The van der Waals surface area contributed by atoms with Crippen LogP contribution in [-0.2, 0) is 17.1 Å². The Hall–Kier alpha value is 0.519. The molecule has 0 N–H and O–H groups in total. The fourth-order valence-corrected chi connectivity index (χ4v) is 1.91. The Bertz CT molecular complexity index is 79.3. The maximum atomic E-state index is 2.29. The van der Waals surface area contributed by atoms with Gasteiger partial charge in [-0.3, -0.25) is 0 Å². The van der Waals surface area contributed by atoms with Gasteiger partial charge in [0.2, 0.25) is 0 Å². The number of hydrogen-bond acceptors (Lipinski definition) is 0. The Labute approximate surface area is 108 Å². The van der Waals surface area contributed by atoms with Crippen molar-refractivity contribution in [3.8, 4) is 0 Å². The molecule has 0 spiro atoms. The monoisotopic (exact) mass is 261 g/mol. The fraction of sp³-hybridized carbons (Fsp3) is 1.00. The summed E-state index contributed by atoms with van der Waals surface area (Å²) in [7, 11) is 0. The van der Waals surface area contributed by atoms with Gasteiger partial charge in [-0.25, -0.2) is 0 Å². The molecule has 0 amide bonds. The summed E-state index contributed by atoms with van der Waals surface area (Å²) < 4.78 is 0. The van der Waals surface area contributed by atoms with E-state index >= 15 is 0 Å². The summed E-state index contributed by atoms with van der Waals surface area (Å²) in [5.41, 5.74) is 0. The molecule has 0 heterocycles. The van der Waals surface area contributed by atoms with Gasteiger partial charge in [0, 0.05) is 17.1 Å². The first kappa shape index (κ1) is 17.9. The van der Waals surface area contributed by atoms with Gasteiger partial charge in [0.1, 0.15) is 0 Å². The summed E-state index contributed by atoms with van der Waals surface area (Å²) in [6.07, 6.45) is 17.4. The zero-order chi connectivity index (χ0) is 10.5. The molecule has 0 saturated heterocycles. The average molecular weight is 262 g/mol. The molecule has 0 saturated carbocycles. The Balaban J connectivity index is 0. The van der Waals surface area contributed by atoms with Crippen LogP contribution in [0.4, 0.5) is 0 Å². The third-order valence-corrected chi connectivity index (χ3v) is 2.96. The zero-order valence-corrected chi connectivity index (χ0v) is 11.7. The quantitative estimate of drug-likeness (QED) is 0.330.